The molecule has 0 amide bonds. The van der Waals surface area contributed by atoms with Crippen LogP contribution in [0.15, 0.2) is 40.9 Å². The van der Waals surface area contributed by atoms with E-state index in [-0.39, 0.29) is 5.56 Å². The summed E-state index contributed by atoms with van der Waals surface area (Å²) < 4.78 is 33.8. The molecule has 1 atom stereocenters. The van der Waals surface area contributed by atoms with Crippen molar-refractivity contribution in [2.24, 2.45) is 5.84 Å². The van der Waals surface area contributed by atoms with Gasteiger partial charge >= 0.3 is 0 Å². The Hall–Kier alpha value is -1.50. The first-order valence-electron chi connectivity index (χ1n) is 6.40. The first-order valence-corrected chi connectivity index (χ1v) is 7.19. The summed E-state index contributed by atoms with van der Waals surface area (Å²) >= 11 is 3.05. The summed E-state index contributed by atoms with van der Waals surface area (Å²) in [5.74, 6) is 4.84. The van der Waals surface area contributed by atoms with Gasteiger partial charge in [0.2, 0.25) is 0 Å². The van der Waals surface area contributed by atoms with Gasteiger partial charge in [-0.2, -0.15) is 0 Å². The zero-order valence-corrected chi connectivity index (χ0v) is 13.0. The first kappa shape index (κ1) is 15.9. The number of hydrazine groups is 1. The number of hydrogen-bond acceptors (Lipinski definition) is 3. The van der Waals surface area contributed by atoms with E-state index >= 15 is 0 Å². The van der Waals surface area contributed by atoms with Gasteiger partial charge in [0.05, 0.1) is 12.6 Å². The highest BCUT2D eigenvalue weighted by atomic mass is 79.9. The third-order valence-corrected chi connectivity index (χ3v) is 3.48. The molecule has 0 aliphatic heterocycles. The Labute approximate surface area is 130 Å². The number of rotatable bonds is 5. The Balaban J connectivity index is 2.40. The average molecular weight is 357 g/mol. The minimum Gasteiger partial charge on any atom is -0.494 e. The predicted octanol–water partition coefficient (Wildman–Crippen LogP) is 3.68. The quantitative estimate of drug-likeness (QED) is 0.634. The van der Waals surface area contributed by atoms with Gasteiger partial charge in [-0.05, 0) is 36.8 Å². The van der Waals surface area contributed by atoms with Crippen molar-refractivity contribution in [3.05, 3.63) is 63.6 Å². The minimum atomic E-state index is -0.784. The highest BCUT2D eigenvalue weighted by molar-refractivity contribution is 9.10. The lowest BCUT2D eigenvalue weighted by Crippen LogP contribution is -2.30. The highest BCUT2D eigenvalue weighted by Crippen LogP contribution is 2.29. The van der Waals surface area contributed by atoms with Crippen LogP contribution in [0.5, 0.6) is 5.75 Å². The average Bonchev–Trinajstić information content (AvgIpc) is 2.44. The highest BCUT2D eigenvalue weighted by Gasteiger charge is 2.21. The molecule has 0 aliphatic rings. The molecule has 0 heterocycles. The van der Waals surface area contributed by atoms with Crippen LogP contribution in [0, 0.1) is 11.6 Å². The second kappa shape index (κ2) is 6.98. The normalized spacial score (nSPS) is 12.2. The fourth-order valence-electron chi connectivity index (χ4n) is 2.10. The minimum absolute atomic E-state index is 0.121. The molecule has 6 heteroatoms. The molecule has 0 saturated carbocycles. The summed E-state index contributed by atoms with van der Waals surface area (Å²) in [4.78, 5) is 0. The van der Waals surface area contributed by atoms with E-state index in [9.17, 15) is 8.78 Å². The Morgan fingerprint density at radius 2 is 1.76 bits per heavy atom. The van der Waals surface area contributed by atoms with Gasteiger partial charge in [0.25, 0.3) is 0 Å². The van der Waals surface area contributed by atoms with E-state index < -0.39 is 17.7 Å². The van der Waals surface area contributed by atoms with Gasteiger partial charge in [-0.1, -0.05) is 28.1 Å². The molecule has 2 rings (SSSR count). The fourth-order valence-corrected chi connectivity index (χ4v) is 2.50. The van der Waals surface area contributed by atoms with Gasteiger partial charge in [-0.15, -0.1) is 0 Å². The maximum Gasteiger partial charge on any atom is 0.132 e. The van der Waals surface area contributed by atoms with Crippen molar-refractivity contribution in [1.82, 2.24) is 5.43 Å². The molecule has 3 N–H and O–H groups in total. The molecule has 2 aromatic carbocycles. The Morgan fingerprint density at radius 1 is 1.19 bits per heavy atom. The largest absolute Gasteiger partial charge is 0.494 e. The van der Waals surface area contributed by atoms with Crippen LogP contribution in [-0.2, 0) is 0 Å². The molecule has 0 saturated heterocycles. The standard InChI is InChI=1S/C15H15BrF2N2O/c1-2-21-11-5-3-9(4-6-11)15(20-19)14-12(17)7-10(16)8-13(14)18/h3-8,15,20H,2,19H2,1H3. The topological polar surface area (TPSA) is 47.3 Å². The second-order valence-corrected chi connectivity index (χ2v) is 5.30. The van der Waals surface area contributed by atoms with E-state index in [0.717, 1.165) is 0 Å². The van der Waals surface area contributed by atoms with Crippen molar-refractivity contribution < 1.29 is 13.5 Å². The molecule has 112 valence electrons. The Kier molecular flexibility index (Phi) is 5.27. The second-order valence-electron chi connectivity index (χ2n) is 4.38. The molecule has 0 aromatic heterocycles. The maximum absolute atomic E-state index is 14.0. The number of nitrogens with two attached hydrogens (primary N) is 1. The van der Waals surface area contributed by atoms with Crippen LogP contribution >= 0.6 is 15.9 Å². The van der Waals surface area contributed by atoms with E-state index in [2.05, 4.69) is 21.4 Å². The van der Waals surface area contributed by atoms with Gasteiger partial charge in [0.1, 0.15) is 17.4 Å². The molecule has 0 aliphatic carbocycles. The van der Waals surface area contributed by atoms with Crippen molar-refractivity contribution in [3.63, 3.8) is 0 Å². The first-order chi connectivity index (χ1) is 10.1. The number of benzene rings is 2. The Bertz CT molecular complexity index is 597. The molecule has 0 spiro atoms. The fraction of sp³-hybridized carbons (Fsp3) is 0.200. The third-order valence-electron chi connectivity index (χ3n) is 3.02. The van der Waals surface area contributed by atoms with Crippen LogP contribution in [0.3, 0.4) is 0 Å². The lowest BCUT2D eigenvalue weighted by Gasteiger charge is -2.19. The zero-order valence-electron chi connectivity index (χ0n) is 11.4. The number of ether oxygens (including phenoxy) is 1. The lowest BCUT2D eigenvalue weighted by atomic mass is 9.98. The maximum atomic E-state index is 14.0. The van der Waals surface area contributed by atoms with Crippen molar-refractivity contribution in [3.8, 4) is 5.75 Å². The molecule has 3 nitrogen and oxygen atoms in total. The summed E-state index contributed by atoms with van der Waals surface area (Å²) in [6.45, 7) is 2.43. The van der Waals surface area contributed by atoms with Gasteiger partial charge in [-0.3, -0.25) is 5.84 Å². The SMILES string of the molecule is CCOc1ccc(C(NN)c2c(F)cc(Br)cc2F)cc1. The van der Waals surface area contributed by atoms with Gasteiger partial charge < -0.3 is 4.74 Å². The van der Waals surface area contributed by atoms with Gasteiger partial charge in [-0.25, -0.2) is 14.2 Å². The molecular formula is C15H15BrF2N2O. The zero-order chi connectivity index (χ0) is 15.4. The van der Waals surface area contributed by atoms with E-state index in [1.54, 1.807) is 24.3 Å². The van der Waals surface area contributed by atoms with E-state index in [1.807, 2.05) is 6.92 Å². The van der Waals surface area contributed by atoms with Crippen LogP contribution in [-0.4, -0.2) is 6.61 Å². The van der Waals surface area contributed by atoms with Crippen molar-refractivity contribution in [1.29, 1.82) is 0 Å². The summed E-state index contributed by atoms with van der Waals surface area (Å²) in [5, 5.41) is 0. The summed E-state index contributed by atoms with van der Waals surface area (Å²) in [7, 11) is 0. The van der Waals surface area contributed by atoms with E-state index in [0.29, 0.717) is 22.4 Å². The van der Waals surface area contributed by atoms with Crippen LogP contribution in [0.4, 0.5) is 8.78 Å². The third kappa shape index (κ3) is 3.58. The van der Waals surface area contributed by atoms with Crippen molar-refractivity contribution >= 4 is 15.9 Å². The summed E-state index contributed by atoms with van der Waals surface area (Å²) in [5.41, 5.74) is 2.97. The van der Waals surface area contributed by atoms with E-state index in [4.69, 9.17) is 10.6 Å². The van der Waals surface area contributed by atoms with Crippen LogP contribution in [0.2, 0.25) is 0 Å². The van der Waals surface area contributed by atoms with Crippen LogP contribution < -0.4 is 16.0 Å². The molecule has 21 heavy (non-hydrogen) atoms. The number of hydrogen-bond donors (Lipinski definition) is 2. The Morgan fingerprint density at radius 3 is 2.24 bits per heavy atom. The van der Waals surface area contributed by atoms with Gasteiger partial charge in [0, 0.05) is 10.0 Å². The van der Waals surface area contributed by atoms with Crippen molar-refractivity contribution in [2.75, 3.05) is 6.61 Å². The van der Waals surface area contributed by atoms with Crippen LogP contribution in [0.1, 0.15) is 24.1 Å². The summed E-state index contributed by atoms with van der Waals surface area (Å²) in [6, 6.07) is 8.53. The molecule has 0 radical (unpaired) electrons. The predicted molar refractivity (Wildman–Crippen MR) is 80.8 cm³/mol. The lowest BCUT2D eigenvalue weighted by molar-refractivity contribution is 0.340. The van der Waals surface area contributed by atoms with Crippen molar-refractivity contribution in [2.45, 2.75) is 13.0 Å². The molecular weight excluding hydrogens is 342 g/mol. The smallest absolute Gasteiger partial charge is 0.132 e. The van der Waals surface area contributed by atoms with Gasteiger partial charge in [0.15, 0.2) is 0 Å². The molecule has 1 unspecified atom stereocenters. The van der Waals surface area contributed by atoms with Crippen LogP contribution in [0.25, 0.3) is 0 Å². The summed E-state index contributed by atoms with van der Waals surface area (Å²) in [6.07, 6.45) is 0. The van der Waals surface area contributed by atoms with E-state index in [1.165, 1.54) is 12.1 Å². The molecule has 0 fully saturated rings. The molecule has 2 aromatic rings. The number of nitrogens with one attached hydrogen (secondary N) is 1. The monoisotopic (exact) mass is 356 g/mol. The number of halogens is 3. The molecule has 0 bridgehead atoms.